The van der Waals surface area contributed by atoms with Gasteiger partial charge in [0.25, 0.3) is 0 Å². The van der Waals surface area contributed by atoms with Crippen LogP contribution in [0, 0.1) is 5.92 Å². The summed E-state index contributed by atoms with van der Waals surface area (Å²) in [4.78, 5) is 17.0. The van der Waals surface area contributed by atoms with Crippen molar-refractivity contribution in [3.05, 3.63) is 34.9 Å². The number of allylic oxidation sites excluding steroid dienone is 1. The van der Waals surface area contributed by atoms with Gasteiger partial charge in [-0.15, -0.1) is 0 Å². The topological polar surface area (TPSA) is 62.2 Å². The van der Waals surface area contributed by atoms with Gasteiger partial charge in [0.1, 0.15) is 23.7 Å². The van der Waals surface area contributed by atoms with Crippen LogP contribution in [-0.2, 0) is 14.9 Å². The normalized spacial score (nSPS) is 23.7. The number of carbonyl (C=O) groups is 1. The highest BCUT2D eigenvalue weighted by atomic mass is 16.5. The van der Waals surface area contributed by atoms with E-state index in [9.17, 15) is 9.90 Å². The number of hydrogen-bond acceptors (Lipinski definition) is 6. The van der Waals surface area contributed by atoms with Gasteiger partial charge in [0.2, 0.25) is 0 Å². The highest BCUT2D eigenvalue weighted by molar-refractivity contribution is 5.71. The standard InChI is InChI=1S/C32H50N2O4/c1-7-8-9-10-13-31(2,3)24-19-27(35)30-25-18-23(11-12-26(25)32(4,5)38-28(30)20-24)22-37-29(36)21-34-16-14-33(6)15-17-34/h11,19-20,25-26,35H,7-10,12-18,21-22H2,1-6H3/t25-,26-/m0/s1. The molecule has 2 aliphatic heterocycles. The summed E-state index contributed by atoms with van der Waals surface area (Å²) in [7, 11) is 2.11. The number of nitrogens with zero attached hydrogens (tertiary/aromatic N) is 2. The summed E-state index contributed by atoms with van der Waals surface area (Å²) in [6.45, 7) is 15.6. The van der Waals surface area contributed by atoms with E-state index < -0.39 is 0 Å². The predicted molar refractivity (Wildman–Crippen MR) is 153 cm³/mol. The molecule has 6 nitrogen and oxygen atoms in total. The van der Waals surface area contributed by atoms with Crippen molar-refractivity contribution in [3.8, 4) is 11.5 Å². The maximum Gasteiger partial charge on any atom is 0.320 e. The number of piperazine rings is 1. The summed E-state index contributed by atoms with van der Waals surface area (Å²) >= 11 is 0. The molecule has 0 aromatic heterocycles. The zero-order chi connectivity index (χ0) is 27.5. The van der Waals surface area contributed by atoms with Crippen molar-refractivity contribution >= 4 is 5.97 Å². The van der Waals surface area contributed by atoms with Gasteiger partial charge < -0.3 is 19.5 Å². The Balaban J connectivity index is 1.44. The van der Waals surface area contributed by atoms with Gasteiger partial charge in [-0.25, -0.2) is 0 Å². The number of rotatable bonds is 10. The minimum absolute atomic E-state index is 0.0276. The largest absolute Gasteiger partial charge is 0.508 e. The molecule has 0 bridgehead atoms. The third-order valence-corrected chi connectivity index (χ3v) is 9.19. The zero-order valence-electron chi connectivity index (χ0n) is 24.6. The molecule has 0 amide bonds. The minimum atomic E-state index is -0.339. The number of benzene rings is 1. The Morgan fingerprint density at radius 1 is 1.16 bits per heavy atom. The van der Waals surface area contributed by atoms with Gasteiger partial charge in [0.15, 0.2) is 0 Å². The molecule has 0 saturated carbocycles. The summed E-state index contributed by atoms with van der Waals surface area (Å²) in [6.07, 6.45) is 9.89. The van der Waals surface area contributed by atoms with Crippen LogP contribution in [-0.4, -0.2) is 72.9 Å². The number of aromatic hydroxyl groups is 1. The molecule has 212 valence electrons. The van der Waals surface area contributed by atoms with Crippen molar-refractivity contribution in [1.29, 1.82) is 0 Å². The Labute approximate surface area is 230 Å². The first-order valence-corrected chi connectivity index (χ1v) is 14.8. The lowest BCUT2D eigenvalue weighted by molar-refractivity contribution is -0.144. The van der Waals surface area contributed by atoms with E-state index in [4.69, 9.17) is 9.47 Å². The Kier molecular flexibility index (Phi) is 9.14. The third-order valence-electron chi connectivity index (χ3n) is 9.19. The Morgan fingerprint density at radius 3 is 2.61 bits per heavy atom. The zero-order valence-corrected chi connectivity index (χ0v) is 24.6. The summed E-state index contributed by atoms with van der Waals surface area (Å²) in [5.74, 6) is 1.42. The lowest BCUT2D eigenvalue weighted by atomic mass is 9.66. The summed E-state index contributed by atoms with van der Waals surface area (Å²) in [5.41, 5.74) is 2.84. The second-order valence-corrected chi connectivity index (χ2v) is 13.1. The first-order valence-electron chi connectivity index (χ1n) is 14.8. The number of likely N-dealkylation sites (N-methyl/N-ethyl adjacent to an activating group) is 1. The molecule has 1 aromatic rings. The lowest BCUT2D eigenvalue weighted by Gasteiger charge is -2.47. The quantitative estimate of drug-likeness (QED) is 0.228. The molecule has 2 atom stereocenters. The van der Waals surface area contributed by atoms with E-state index in [0.29, 0.717) is 18.9 Å². The molecule has 1 fully saturated rings. The average Bonchev–Trinajstić information content (AvgIpc) is 2.86. The molecule has 0 unspecified atom stereocenters. The van der Waals surface area contributed by atoms with E-state index in [1.165, 1.54) is 25.7 Å². The van der Waals surface area contributed by atoms with Crippen molar-refractivity contribution in [2.24, 2.45) is 5.92 Å². The Hall–Kier alpha value is -2.05. The maximum absolute atomic E-state index is 12.6. The number of phenols is 1. The molecule has 6 heteroatoms. The maximum atomic E-state index is 12.6. The SMILES string of the molecule is CCCCCCC(C)(C)c1cc(O)c2c(c1)OC(C)(C)[C@H]1CC=C(COC(=O)CN3CCN(C)CC3)C[C@H]21. The van der Waals surface area contributed by atoms with E-state index in [1.54, 1.807) is 0 Å². The van der Waals surface area contributed by atoms with Crippen LogP contribution in [0.5, 0.6) is 11.5 Å². The molecule has 4 rings (SSSR count). The van der Waals surface area contributed by atoms with Crippen LogP contribution in [0.25, 0.3) is 0 Å². The Bertz CT molecular complexity index is 1010. The second-order valence-electron chi connectivity index (χ2n) is 13.1. The number of hydrogen-bond donors (Lipinski definition) is 1. The van der Waals surface area contributed by atoms with Crippen molar-refractivity contribution in [2.75, 3.05) is 46.4 Å². The van der Waals surface area contributed by atoms with E-state index in [1.807, 2.05) is 6.07 Å². The van der Waals surface area contributed by atoms with Gasteiger partial charge in [-0.1, -0.05) is 52.5 Å². The fourth-order valence-corrected chi connectivity index (χ4v) is 6.52. The summed E-state index contributed by atoms with van der Waals surface area (Å²) in [6, 6.07) is 4.16. The van der Waals surface area contributed by atoms with Crippen molar-refractivity contribution < 1.29 is 19.4 Å². The number of esters is 1. The molecule has 38 heavy (non-hydrogen) atoms. The number of ether oxygens (including phenoxy) is 2. The summed E-state index contributed by atoms with van der Waals surface area (Å²) < 4.78 is 12.3. The molecule has 3 aliphatic rings. The summed E-state index contributed by atoms with van der Waals surface area (Å²) in [5, 5.41) is 11.3. The van der Waals surface area contributed by atoms with Gasteiger partial charge in [-0.3, -0.25) is 9.69 Å². The fourth-order valence-electron chi connectivity index (χ4n) is 6.52. The molecule has 0 radical (unpaired) electrons. The Morgan fingerprint density at radius 2 is 1.89 bits per heavy atom. The van der Waals surface area contributed by atoms with E-state index in [-0.39, 0.29) is 28.8 Å². The molecular weight excluding hydrogens is 476 g/mol. The van der Waals surface area contributed by atoms with Crippen LogP contribution in [0.1, 0.15) is 96.6 Å². The number of unbranched alkanes of at least 4 members (excludes halogenated alkanes) is 3. The molecule has 1 saturated heterocycles. The van der Waals surface area contributed by atoms with E-state index in [0.717, 1.165) is 67.9 Å². The molecule has 1 aromatic carbocycles. The first-order chi connectivity index (χ1) is 18.0. The highest BCUT2D eigenvalue weighted by Gasteiger charge is 2.46. The van der Waals surface area contributed by atoms with Crippen molar-refractivity contribution in [3.63, 3.8) is 0 Å². The van der Waals surface area contributed by atoms with Crippen LogP contribution in [0.3, 0.4) is 0 Å². The van der Waals surface area contributed by atoms with Crippen molar-refractivity contribution in [2.45, 2.75) is 96.5 Å². The first kappa shape index (κ1) is 28.9. The van der Waals surface area contributed by atoms with Gasteiger partial charge in [0, 0.05) is 43.6 Å². The fraction of sp³-hybridized carbons (Fsp3) is 0.719. The average molecular weight is 527 g/mol. The molecule has 0 spiro atoms. The molecule has 1 aliphatic carbocycles. The monoisotopic (exact) mass is 526 g/mol. The van der Waals surface area contributed by atoms with Crippen LogP contribution >= 0.6 is 0 Å². The smallest absolute Gasteiger partial charge is 0.320 e. The number of fused-ring (bicyclic) bond motifs is 3. The van der Waals surface area contributed by atoms with Gasteiger partial charge in [0.05, 0.1) is 6.54 Å². The van der Waals surface area contributed by atoms with Gasteiger partial charge >= 0.3 is 5.97 Å². The minimum Gasteiger partial charge on any atom is -0.508 e. The third kappa shape index (κ3) is 6.74. The van der Waals surface area contributed by atoms with Gasteiger partial charge in [-0.05, 0) is 68.8 Å². The van der Waals surface area contributed by atoms with Crippen LogP contribution < -0.4 is 4.74 Å². The van der Waals surface area contributed by atoms with Crippen LogP contribution in [0.2, 0.25) is 0 Å². The predicted octanol–water partition coefficient (Wildman–Crippen LogP) is 6.02. The van der Waals surface area contributed by atoms with Crippen LogP contribution in [0.15, 0.2) is 23.8 Å². The lowest BCUT2D eigenvalue weighted by Crippen LogP contribution is -2.46. The highest BCUT2D eigenvalue weighted by Crippen LogP contribution is 2.55. The van der Waals surface area contributed by atoms with Crippen LogP contribution in [0.4, 0.5) is 0 Å². The number of carbonyl (C=O) groups excluding carboxylic acids is 1. The second kappa shape index (κ2) is 12.0. The molecular formula is C32H50N2O4. The van der Waals surface area contributed by atoms with E-state index in [2.05, 4.69) is 63.6 Å². The molecule has 2 heterocycles. The van der Waals surface area contributed by atoms with Crippen molar-refractivity contribution in [1.82, 2.24) is 9.80 Å². The molecule has 1 N–H and O–H groups in total. The number of phenolic OH excluding ortho intramolecular Hbond substituents is 1. The van der Waals surface area contributed by atoms with Gasteiger partial charge in [-0.2, -0.15) is 0 Å². The van der Waals surface area contributed by atoms with E-state index >= 15 is 0 Å².